The second-order valence-corrected chi connectivity index (χ2v) is 5.04. The molecule has 108 valence electrons. The molecule has 0 aromatic heterocycles. The van der Waals surface area contributed by atoms with Gasteiger partial charge in [0.1, 0.15) is 0 Å². The molecule has 0 aromatic carbocycles. The molecule has 0 atom stereocenters. The van der Waals surface area contributed by atoms with Crippen LogP contribution in [-0.4, -0.2) is 31.4 Å². The lowest BCUT2D eigenvalue weighted by atomic mass is 10.0. The molecule has 1 aliphatic carbocycles. The molecule has 1 aliphatic rings. The zero-order valence-corrected chi connectivity index (χ0v) is 11.1. The van der Waals surface area contributed by atoms with Gasteiger partial charge in [-0.2, -0.15) is 0 Å². The number of carbonyl (C=O) groups is 1. The standard InChI is InChI=1S/C11H13N3O6/c1-11(2,3)12(16)6-7-4-8(13(17)18)5-9(10(7)15)14(19)20/h4-6,16H,1-3H3. The second-order valence-electron chi connectivity index (χ2n) is 5.04. The normalized spacial score (nSPS) is 17.6. The molecule has 20 heavy (non-hydrogen) atoms. The maximum atomic E-state index is 11.8. The molecule has 0 heterocycles. The van der Waals surface area contributed by atoms with E-state index in [0.29, 0.717) is 11.1 Å². The van der Waals surface area contributed by atoms with Crippen molar-refractivity contribution >= 4 is 5.78 Å². The Bertz CT molecular complexity index is 567. The quantitative estimate of drug-likeness (QED) is 0.469. The first kappa shape index (κ1) is 15.5. The molecule has 0 bridgehead atoms. The van der Waals surface area contributed by atoms with Gasteiger partial charge < -0.3 is 0 Å². The van der Waals surface area contributed by atoms with Crippen LogP contribution in [0.5, 0.6) is 0 Å². The summed E-state index contributed by atoms with van der Waals surface area (Å²) in [5.41, 5.74) is -2.60. The Hall–Kier alpha value is -2.55. The third-order valence-electron chi connectivity index (χ3n) is 2.44. The Morgan fingerprint density at radius 2 is 1.75 bits per heavy atom. The predicted octanol–water partition coefficient (Wildman–Crippen LogP) is 1.26. The number of nitrogens with zero attached hydrogens (tertiary/aromatic N) is 3. The van der Waals surface area contributed by atoms with E-state index in [1.165, 1.54) is 0 Å². The molecule has 0 saturated heterocycles. The lowest BCUT2D eigenvalue weighted by molar-refractivity contribution is -0.431. The summed E-state index contributed by atoms with van der Waals surface area (Å²) in [5.74, 6) is -0.996. The Kier molecular flexibility index (Phi) is 4.04. The number of rotatable bonds is 3. The predicted molar refractivity (Wildman–Crippen MR) is 66.6 cm³/mol. The van der Waals surface area contributed by atoms with Gasteiger partial charge in [-0.25, -0.2) is 0 Å². The summed E-state index contributed by atoms with van der Waals surface area (Å²) in [5, 5.41) is 31.8. The zero-order valence-electron chi connectivity index (χ0n) is 11.1. The fourth-order valence-electron chi connectivity index (χ4n) is 1.28. The number of hydrogen-bond donors (Lipinski definition) is 1. The van der Waals surface area contributed by atoms with Crippen LogP contribution in [0.15, 0.2) is 35.3 Å². The van der Waals surface area contributed by atoms with E-state index in [4.69, 9.17) is 0 Å². The van der Waals surface area contributed by atoms with Crippen molar-refractivity contribution in [2.45, 2.75) is 26.3 Å². The van der Waals surface area contributed by atoms with Crippen molar-refractivity contribution < 1.29 is 19.8 Å². The van der Waals surface area contributed by atoms with Crippen molar-refractivity contribution in [2.75, 3.05) is 0 Å². The van der Waals surface area contributed by atoms with Crippen molar-refractivity contribution in [1.82, 2.24) is 5.06 Å². The lowest BCUT2D eigenvalue weighted by Gasteiger charge is -2.28. The lowest BCUT2D eigenvalue weighted by Crippen LogP contribution is -2.35. The van der Waals surface area contributed by atoms with Gasteiger partial charge in [0.05, 0.1) is 27.0 Å². The Labute approximate surface area is 113 Å². The van der Waals surface area contributed by atoms with Crippen molar-refractivity contribution in [2.24, 2.45) is 0 Å². The first-order valence-corrected chi connectivity index (χ1v) is 5.51. The van der Waals surface area contributed by atoms with Crippen LogP contribution in [0.4, 0.5) is 0 Å². The molecule has 9 nitrogen and oxygen atoms in total. The van der Waals surface area contributed by atoms with E-state index in [0.717, 1.165) is 12.3 Å². The topological polar surface area (TPSA) is 127 Å². The summed E-state index contributed by atoms with van der Waals surface area (Å²) in [7, 11) is 0. The third-order valence-corrected chi connectivity index (χ3v) is 2.44. The first-order chi connectivity index (χ1) is 9.04. The van der Waals surface area contributed by atoms with Crippen molar-refractivity contribution in [3.05, 3.63) is 55.5 Å². The minimum absolute atomic E-state index is 0.330. The third kappa shape index (κ3) is 3.26. The summed E-state index contributed by atoms with van der Waals surface area (Å²) in [6.07, 6.45) is 2.41. The van der Waals surface area contributed by atoms with Crippen LogP contribution < -0.4 is 0 Å². The average Bonchev–Trinajstić information content (AvgIpc) is 2.29. The number of hydroxylamine groups is 2. The summed E-state index contributed by atoms with van der Waals surface area (Å²) < 4.78 is 0. The van der Waals surface area contributed by atoms with Gasteiger partial charge in [-0.15, -0.1) is 0 Å². The maximum absolute atomic E-state index is 11.8. The van der Waals surface area contributed by atoms with Gasteiger partial charge in [-0.3, -0.25) is 35.3 Å². The largest absolute Gasteiger partial charge is 0.323 e. The van der Waals surface area contributed by atoms with Crippen LogP contribution in [0.3, 0.4) is 0 Å². The Morgan fingerprint density at radius 1 is 1.20 bits per heavy atom. The summed E-state index contributed by atoms with van der Waals surface area (Å²) >= 11 is 0. The van der Waals surface area contributed by atoms with Crippen LogP contribution in [0, 0.1) is 20.2 Å². The SMILES string of the molecule is CC(C)(C)N(O)C=C1C=C([N+](=O)[O-])C=C([N+](=O)[O-])C1=O. The van der Waals surface area contributed by atoms with Crippen molar-refractivity contribution in [3.63, 3.8) is 0 Å². The number of ketones is 1. The monoisotopic (exact) mass is 283 g/mol. The first-order valence-electron chi connectivity index (χ1n) is 5.51. The molecule has 0 fully saturated rings. The van der Waals surface area contributed by atoms with Gasteiger partial charge in [0.15, 0.2) is 0 Å². The maximum Gasteiger partial charge on any atom is 0.323 e. The van der Waals surface area contributed by atoms with E-state index in [-0.39, 0.29) is 5.57 Å². The molecule has 0 aliphatic heterocycles. The molecule has 0 aromatic rings. The van der Waals surface area contributed by atoms with E-state index in [1.54, 1.807) is 20.8 Å². The molecule has 0 saturated carbocycles. The molecule has 9 heteroatoms. The van der Waals surface area contributed by atoms with Crippen molar-refractivity contribution in [1.29, 1.82) is 0 Å². The van der Waals surface area contributed by atoms with E-state index in [9.17, 15) is 30.2 Å². The summed E-state index contributed by atoms with van der Waals surface area (Å²) in [6.45, 7) is 4.87. The zero-order chi connectivity index (χ0) is 15.7. The Morgan fingerprint density at radius 3 is 2.15 bits per heavy atom. The minimum Gasteiger partial charge on any atom is -0.288 e. The number of Topliss-reactive ketones (excluding diaryl/α,β-unsaturated/α-hetero) is 1. The second kappa shape index (κ2) is 5.21. The van der Waals surface area contributed by atoms with E-state index >= 15 is 0 Å². The van der Waals surface area contributed by atoms with Gasteiger partial charge in [0, 0.05) is 12.3 Å². The summed E-state index contributed by atoms with van der Waals surface area (Å²) in [6, 6.07) is 0. The smallest absolute Gasteiger partial charge is 0.288 e. The molecule has 0 unspecified atom stereocenters. The molecule has 0 spiro atoms. The molecular weight excluding hydrogens is 270 g/mol. The number of hydrogen-bond acceptors (Lipinski definition) is 7. The fourth-order valence-corrected chi connectivity index (χ4v) is 1.28. The van der Waals surface area contributed by atoms with Crippen LogP contribution in [0.1, 0.15) is 20.8 Å². The highest BCUT2D eigenvalue weighted by Crippen LogP contribution is 2.22. The minimum atomic E-state index is -0.996. The Balaban J connectivity index is 3.31. The van der Waals surface area contributed by atoms with E-state index in [2.05, 4.69) is 0 Å². The van der Waals surface area contributed by atoms with Gasteiger partial charge in [0.2, 0.25) is 0 Å². The fraction of sp³-hybridized carbons (Fsp3) is 0.364. The average molecular weight is 283 g/mol. The summed E-state index contributed by atoms with van der Waals surface area (Å²) in [4.78, 5) is 31.4. The highest BCUT2D eigenvalue weighted by molar-refractivity contribution is 6.09. The molecule has 0 amide bonds. The molecule has 0 radical (unpaired) electrons. The number of nitro groups is 2. The van der Waals surface area contributed by atoms with E-state index < -0.39 is 32.6 Å². The molecule has 1 N–H and O–H groups in total. The van der Waals surface area contributed by atoms with Crippen LogP contribution in [0.2, 0.25) is 0 Å². The van der Waals surface area contributed by atoms with Gasteiger partial charge in [-0.1, -0.05) is 0 Å². The highest BCUT2D eigenvalue weighted by atomic mass is 16.6. The van der Waals surface area contributed by atoms with Crippen LogP contribution in [-0.2, 0) is 4.79 Å². The van der Waals surface area contributed by atoms with Crippen LogP contribution in [0.25, 0.3) is 0 Å². The van der Waals surface area contributed by atoms with Crippen LogP contribution >= 0.6 is 0 Å². The van der Waals surface area contributed by atoms with Gasteiger partial charge in [-0.05, 0) is 20.8 Å². The van der Waals surface area contributed by atoms with E-state index in [1.807, 2.05) is 0 Å². The van der Waals surface area contributed by atoms with Gasteiger partial charge in [0.25, 0.3) is 11.5 Å². The molecular formula is C11H13N3O6. The number of carbonyl (C=O) groups excluding carboxylic acids is 1. The molecule has 1 rings (SSSR count). The highest BCUT2D eigenvalue weighted by Gasteiger charge is 2.34. The number of allylic oxidation sites excluding steroid dienone is 3. The van der Waals surface area contributed by atoms with Gasteiger partial charge >= 0.3 is 5.70 Å². The van der Waals surface area contributed by atoms with Crippen molar-refractivity contribution in [3.8, 4) is 0 Å².